The quantitative estimate of drug-likeness (QED) is 0.834. The molecule has 0 radical (unpaired) electrons. The summed E-state index contributed by atoms with van der Waals surface area (Å²) in [7, 11) is 0. The lowest BCUT2D eigenvalue weighted by Gasteiger charge is -2.14. The molecule has 0 fully saturated rings. The molecular weight excluding hydrogens is 194 g/mol. The van der Waals surface area contributed by atoms with Gasteiger partial charge in [-0.2, -0.15) is 0 Å². The lowest BCUT2D eigenvalue weighted by atomic mass is 9.88. The third-order valence-electron chi connectivity index (χ3n) is 2.16. The number of hydrogen-bond acceptors (Lipinski definition) is 3. The van der Waals surface area contributed by atoms with Crippen LogP contribution in [0.15, 0.2) is 4.52 Å². The molecule has 0 saturated heterocycles. The average Bonchev–Trinajstić information content (AvgIpc) is 2.47. The van der Waals surface area contributed by atoms with E-state index in [1.54, 1.807) is 0 Å². The highest BCUT2D eigenvalue weighted by molar-refractivity contribution is 5.90. The third kappa shape index (κ3) is 2.37. The van der Waals surface area contributed by atoms with Crippen molar-refractivity contribution in [1.29, 1.82) is 0 Å². The fraction of sp³-hybridized carbons (Fsp3) is 0.636. The Morgan fingerprint density at radius 3 is 2.47 bits per heavy atom. The van der Waals surface area contributed by atoms with Crippen molar-refractivity contribution in [2.24, 2.45) is 0 Å². The Morgan fingerprint density at radius 1 is 1.47 bits per heavy atom. The molecule has 15 heavy (non-hydrogen) atoms. The topological polar surface area (TPSA) is 63.3 Å². The number of aryl methyl sites for hydroxylation is 1. The maximum Gasteiger partial charge on any atom is 0.341 e. The van der Waals surface area contributed by atoms with Gasteiger partial charge in [0, 0.05) is 11.8 Å². The number of carbonyl (C=O) groups is 1. The third-order valence-corrected chi connectivity index (χ3v) is 2.16. The van der Waals surface area contributed by atoms with Crippen LogP contribution >= 0.6 is 0 Å². The van der Waals surface area contributed by atoms with Crippen LogP contribution in [0, 0.1) is 0 Å². The summed E-state index contributed by atoms with van der Waals surface area (Å²) in [5.74, 6) is -0.473. The molecule has 4 heteroatoms. The number of carboxylic acid groups (broad SMARTS) is 1. The first kappa shape index (κ1) is 11.8. The van der Waals surface area contributed by atoms with Crippen LogP contribution in [-0.4, -0.2) is 16.2 Å². The largest absolute Gasteiger partial charge is 0.477 e. The van der Waals surface area contributed by atoms with Gasteiger partial charge in [-0.25, -0.2) is 4.79 Å². The normalized spacial score (nSPS) is 11.7. The van der Waals surface area contributed by atoms with Crippen molar-refractivity contribution < 1.29 is 14.4 Å². The van der Waals surface area contributed by atoms with E-state index in [4.69, 9.17) is 9.63 Å². The van der Waals surface area contributed by atoms with Crippen LogP contribution in [0.1, 0.15) is 55.9 Å². The minimum atomic E-state index is -0.954. The molecule has 1 heterocycles. The molecule has 0 aliphatic carbocycles. The maximum atomic E-state index is 11.1. The molecule has 0 unspecified atom stereocenters. The van der Waals surface area contributed by atoms with Crippen molar-refractivity contribution in [3.63, 3.8) is 0 Å². The Morgan fingerprint density at radius 2 is 2.07 bits per heavy atom. The zero-order valence-corrected chi connectivity index (χ0v) is 9.63. The number of rotatable bonds is 3. The van der Waals surface area contributed by atoms with Crippen LogP contribution in [0.3, 0.4) is 0 Å². The fourth-order valence-electron chi connectivity index (χ4n) is 1.45. The van der Waals surface area contributed by atoms with E-state index in [0.717, 1.165) is 6.42 Å². The van der Waals surface area contributed by atoms with E-state index in [9.17, 15) is 4.79 Å². The minimum absolute atomic E-state index is 0.240. The number of aromatic carboxylic acids is 1. The van der Waals surface area contributed by atoms with Gasteiger partial charge >= 0.3 is 5.97 Å². The number of hydrogen-bond donors (Lipinski definition) is 1. The lowest BCUT2D eigenvalue weighted by Crippen LogP contribution is -2.17. The van der Waals surface area contributed by atoms with Crippen molar-refractivity contribution in [3.05, 3.63) is 17.0 Å². The maximum absolute atomic E-state index is 11.1. The van der Waals surface area contributed by atoms with Gasteiger partial charge in [-0.1, -0.05) is 32.9 Å². The van der Waals surface area contributed by atoms with Gasteiger partial charge in [-0.3, -0.25) is 0 Å². The SMILES string of the molecule is CCCc1onc(C(C)(C)C)c1C(=O)O. The van der Waals surface area contributed by atoms with Gasteiger partial charge in [0.15, 0.2) is 5.76 Å². The second-order valence-corrected chi connectivity index (χ2v) is 4.63. The van der Waals surface area contributed by atoms with Crippen LogP contribution in [-0.2, 0) is 11.8 Å². The average molecular weight is 211 g/mol. The Kier molecular flexibility index (Phi) is 3.17. The molecule has 0 spiro atoms. The van der Waals surface area contributed by atoms with Crippen molar-refractivity contribution in [2.75, 3.05) is 0 Å². The highest BCUT2D eigenvalue weighted by atomic mass is 16.5. The Bertz CT molecular complexity index is 360. The number of carboxylic acids is 1. The van der Waals surface area contributed by atoms with Crippen LogP contribution in [0.4, 0.5) is 0 Å². The van der Waals surface area contributed by atoms with E-state index < -0.39 is 5.97 Å². The van der Waals surface area contributed by atoms with Gasteiger partial charge in [0.2, 0.25) is 0 Å². The summed E-state index contributed by atoms with van der Waals surface area (Å²) >= 11 is 0. The molecule has 1 aromatic heterocycles. The Labute approximate surface area is 89.3 Å². The summed E-state index contributed by atoms with van der Waals surface area (Å²) < 4.78 is 5.09. The molecule has 1 N–H and O–H groups in total. The first-order chi connectivity index (χ1) is 6.88. The number of nitrogens with zero attached hydrogens (tertiary/aromatic N) is 1. The zero-order chi connectivity index (χ0) is 11.6. The van der Waals surface area contributed by atoms with E-state index in [1.807, 2.05) is 27.7 Å². The zero-order valence-electron chi connectivity index (χ0n) is 9.63. The molecule has 1 aromatic rings. The van der Waals surface area contributed by atoms with E-state index in [-0.39, 0.29) is 11.0 Å². The Balaban J connectivity index is 3.24. The molecular formula is C11H17NO3. The van der Waals surface area contributed by atoms with E-state index >= 15 is 0 Å². The van der Waals surface area contributed by atoms with Crippen molar-refractivity contribution in [2.45, 2.75) is 46.0 Å². The van der Waals surface area contributed by atoms with Crippen LogP contribution in [0.25, 0.3) is 0 Å². The highest BCUT2D eigenvalue weighted by Crippen LogP contribution is 2.27. The molecule has 0 aliphatic heterocycles. The molecule has 84 valence electrons. The predicted octanol–water partition coefficient (Wildman–Crippen LogP) is 2.62. The van der Waals surface area contributed by atoms with Gasteiger partial charge in [-0.05, 0) is 6.42 Å². The van der Waals surface area contributed by atoms with Crippen LogP contribution < -0.4 is 0 Å². The van der Waals surface area contributed by atoms with Gasteiger partial charge < -0.3 is 9.63 Å². The minimum Gasteiger partial charge on any atom is -0.477 e. The monoisotopic (exact) mass is 211 g/mol. The van der Waals surface area contributed by atoms with Crippen molar-refractivity contribution >= 4 is 5.97 Å². The Hall–Kier alpha value is -1.32. The molecule has 0 atom stereocenters. The van der Waals surface area contributed by atoms with Crippen molar-refractivity contribution in [3.8, 4) is 0 Å². The second kappa shape index (κ2) is 4.04. The summed E-state index contributed by atoms with van der Waals surface area (Å²) in [5.41, 5.74) is 0.464. The van der Waals surface area contributed by atoms with E-state index in [0.29, 0.717) is 17.9 Å². The predicted molar refractivity (Wildman–Crippen MR) is 56.2 cm³/mol. The molecule has 0 bridgehead atoms. The highest BCUT2D eigenvalue weighted by Gasteiger charge is 2.29. The molecule has 0 saturated carbocycles. The van der Waals surface area contributed by atoms with Gasteiger partial charge in [0.25, 0.3) is 0 Å². The summed E-state index contributed by atoms with van der Waals surface area (Å²) in [5, 5.41) is 13.0. The molecule has 1 rings (SSSR count). The number of aromatic nitrogens is 1. The fourth-order valence-corrected chi connectivity index (χ4v) is 1.45. The first-order valence-corrected chi connectivity index (χ1v) is 5.10. The first-order valence-electron chi connectivity index (χ1n) is 5.10. The van der Waals surface area contributed by atoms with Gasteiger partial charge in [0.1, 0.15) is 11.3 Å². The van der Waals surface area contributed by atoms with E-state index in [2.05, 4.69) is 5.16 Å². The smallest absolute Gasteiger partial charge is 0.341 e. The lowest BCUT2D eigenvalue weighted by molar-refractivity contribution is 0.0692. The summed E-state index contributed by atoms with van der Waals surface area (Å²) in [6.45, 7) is 7.75. The van der Waals surface area contributed by atoms with Gasteiger partial charge in [-0.15, -0.1) is 0 Å². The standard InChI is InChI=1S/C11H17NO3/c1-5-6-7-8(10(13)14)9(12-15-7)11(2,3)4/h5-6H2,1-4H3,(H,13,14). The summed E-state index contributed by atoms with van der Waals surface area (Å²) in [6.07, 6.45) is 1.46. The molecule has 0 amide bonds. The van der Waals surface area contributed by atoms with Crippen molar-refractivity contribution in [1.82, 2.24) is 5.16 Å². The molecule has 0 aliphatic rings. The molecule has 4 nitrogen and oxygen atoms in total. The molecule has 0 aromatic carbocycles. The summed E-state index contributed by atoms with van der Waals surface area (Å²) in [6, 6.07) is 0. The van der Waals surface area contributed by atoms with Gasteiger partial charge in [0.05, 0.1) is 0 Å². The van der Waals surface area contributed by atoms with Crippen LogP contribution in [0.2, 0.25) is 0 Å². The summed E-state index contributed by atoms with van der Waals surface area (Å²) in [4.78, 5) is 11.1. The van der Waals surface area contributed by atoms with Crippen LogP contribution in [0.5, 0.6) is 0 Å². The van der Waals surface area contributed by atoms with E-state index in [1.165, 1.54) is 0 Å². The second-order valence-electron chi connectivity index (χ2n) is 4.63.